The Balaban J connectivity index is 3.03. The van der Waals surface area contributed by atoms with Gasteiger partial charge < -0.3 is 14.6 Å². The molecule has 0 aliphatic carbocycles. The van der Waals surface area contributed by atoms with Crippen LogP contribution in [0.3, 0.4) is 0 Å². The largest absolute Gasteiger partial charge is 0.497 e. The van der Waals surface area contributed by atoms with Gasteiger partial charge in [0.1, 0.15) is 11.5 Å². The molecular weight excluding hydrogens is 248 g/mol. The van der Waals surface area contributed by atoms with E-state index in [2.05, 4.69) is 0 Å². The van der Waals surface area contributed by atoms with E-state index in [-0.39, 0.29) is 12.2 Å². The van der Waals surface area contributed by atoms with Crippen LogP contribution in [-0.2, 0) is 4.79 Å². The van der Waals surface area contributed by atoms with Gasteiger partial charge in [-0.05, 0) is 26.0 Å². The first kappa shape index (κ1) is 15.0. The summed E-state index contributed by atoms with van der Waals surface area (Å²) in [5.41, 5.74) is -0.724. The number of hydrogen-bond donors (Lipinski definition) is 1. The normalized spacial score (nSPS) is 10.9. The van der Waals surface area contributed by atoms with Crippen LogP contribution in [0, 0.1) is 5.41 Å². The molecule has 5 heteroatoms. The van der Waals surface area contributed by atoms with Crippen molar-refractivity contribution < 1.29 is 24.2 Å². The van der Waals surface area contributed by atoms with Gasteiger partial charge in [0, 0.05) is 18.1 Å². The van der Waals surface area contributed by atoms with E-state index in [4.69, 9.17) is 14.6 Å². The molecule has 0 spiro atoms. The van der Waals surface area contributed by atoms with E-state index in [1.54, 1.807) is 18.2 Å². The maximum absolute atomic E-state index is 12.1. The van der Waals surface area contributed by atoms with Gasteiger partial charge in [-0.25, -0.2) is 0 Å². The number of carbonyl (C=O) groups is 2. The van der Waals surface area contributed by atoms with Crippen LogP contribution in [0.25, 0.3) is 0 Å². The molecule has 1 rings (SSSR count). The summed E-state index contributed by atoms with van der Waals surface area (Å²) in [7, 11) is 2.98. The summed E-state index contributed by atoms with van der Waals surface area (Å²) in [5, 5.41) is 9.04. The van der Waals surface area contributed by atoms with Gasteiger partial charge in [-0.15, -0.1) is 0 Å². The van der Waals surface area contributed by atoms with Gasteiger partial charge in [0.15, 0.2) is 5.78 Å². The third-order valence-corrected chi connectivity index (χ3v) is 2.85. The fourth-order valence-corrected chi connectivity index (χ4v) is 1.55. The second-order valence-corrected chi connectivity index (χ2v) is 4.89. The quantitative estimate of drug-likeness (QED) is 0.800. The summed E-state index contributed by atoms with van der Waals surface area (Å²) in [4.78, 5) is 23.2. The van der Waals surface area contributed by atoms with Crippen molar-refractivity contribution in [3.05, 3.63) is 23.8 Å². The fraction of sp³-hybridized carbons (Fsp3) is 0.429. The fourth-order valence-electron chi connectivity index (χ4n) is 1.55. The SMILES string of the molecule is COc1cc(OC)cc(C(=O)CC(C)(C)C(=O)O)c1. The minimum absolute atomic E-state index is 0.0847. The van der Waals surface area contributed by atoms with Gasteiger partial charge in [0.25, 0.3) is 0 Å². The zero-order chi connectivity index (χ0) is 14.6. The highest BCUT2D eigenvalue weighted by molar-refractivity contribution is 5.99. The number of ketones is 1. The summed E-state index contributed by atoms with van der Waals surface area (Å²) in [5.74, 6) is -0.271. The van der Waals surface area contributed by atoms with Crippen molar-refractivity contribution in [1.29, 1.82) is 0 Å². The predicted molar refractivity (Wildman–Crippen MR) is 69.9 cm³/mol. The van der Waals surface area contributed by atoms with Crippen molar-refractivity contribution in [1.82, 2.24) is 0 Å². The summed E-state index contributed by atoms with van der Waals surface area (Å²) < 4.78 is 10.2. The molecule has 0 unspecified atom stereocenters. The number of carboxylic acids is 1. The van der Waals surface area contributed by atoms with Crippen LogP contribution in [0.4, 0.5) is 0 Å². The molecular formula is C14H18O5. The Hall–Kier alpha value is -2.04. The molecule has 1 aromatic rings. The minimum atomic E-state index is -1.10. The second kappa shape index (κ2) is 5.73. The number of ether oxygens (including phenoxy) is 2. The van der Waals surface area contributed by atoms with E-state index in [9.17, 15) is 9.59 Å². The Labute approximate surface area is 112 Å². The maximum Gasteiger partial charge on any atom is 0.309 e. The summed E-state index contributed by atoms with van der Waals surface area (Å²) in [6, 6.07) is 4.80. The molecule has 0 fully saturated rings. The molecule has 0 saturated heterocycles. The molecule has 0 bridgehead atoms. The lowest BCUT2D eigenvalue weighted by molar-refractivity contribution is -0.146. The van der Waals surface area contributed by atoms with Gasteiger partial charge >= 0.3 is 5.97 Å². The minimum Gasteiger partial charge on any atom is -0.497 e. The predicted octanol–water partition coefficient (Wildman–Crippen LogP) is 2.39. The molecule has 0 aliphatic rings. The number of methoxy groups -OCH3 is 2. The van der Waals surface area contributed by atoms with E-state index < -0.39 is 11.4 Å². The molecule has 0 radical (unpaired) electrons. The Bertz CT molecular complexity index is 468. The first-order valence-electron chi connectivity index (χ1n) is 5.80. The maximum atomic E-state index is 12.1. The third-order valence-electron chi connectivity index (χ3n) is 2.85. The van der Waals surface area contributed by atoms with Crippen molar-refractivity contribution >= 4 is 11.8 Å². The number of carbonyl (C=O) groups excluding carboxylic acids is 1. The highest BCUT2D eigenvalue weighted by Crippen LogP contribution is 2.27. The van der Waals surface area contributed by atoms with Crippen LogP contribution >= 0.6 is 0 Å². The zero-order valence-electron chi connectivity index (χ0n) is 11.5. The Morgan fingerprint density at radius 1 is 1.11 bits per heavy atom. The Morgan fingerprint density at radius 2 is 1.58 bits per heavy atom. The average molecular weight is 266 g/mol. The molecule has 5 nitrogen and oxygen atoms in total. The highest BCUT2D eigenvalue weighted by Gasteiger charge is 2.30. The molecule has 0 atom stereocenters. The van der Waals surface area contributed by atoms with Gasteiger partial charge in [-0.2, -0.15) is 0 Å². The monoisotopic (exact) mass is 266 g/mol. The van der Waals surface area contributed by atoms with Gasteiger partial charge in [0.05, 0.1) is 19.6 Å². The van der Waals surface area contributed by atoms with E-state index in [0.717, 1.165) is 0 Å². The second-order valence-electron chi connectivity index (χ2n) is 4.89. The van der Waals surface area contributed by atoms with Crippen molar-refractivity contribution in [2.75, 3.05) is 14.2 Å². The van der Waals surface area contributed by atoms with Crippen LogP contribution < -0.4 is 9.47 Å². The summed E-state index contributed by atoms with van der Waals surface area (Å²) in [6.45, 7) is 3.04. The van der Waals surface area contributed by atoms with Crippen molar-refractivity contribution in [2.24, 2.45) is 5.41 Å². The van der Waals surface area contributed by atoms with Crippen molar-refractivity contribution in [2.45, 2.75) is 20.3 Å². The van der Waals surface area contributed by atoms with E-state index in [1.165, 1.54) is 28.1 Å². The number of aliphatic carboxylic acids is 1. The molecule has 0 aromatic heterocycles. The molecule has 1 aromatic carbocycles. The molecule has 0 amide bonds. The van der Waals surface area contributed by atoms with E-state index >= 15 is 0 Å². The molecule has 0 saturated carbocycles. The Morgan fingerprint density at radius 3 is 1.95 bits per heavy atom. The number of Topliss-reactive ketones (excluding diaryl/α,β-unsaturated/α-hetero) is 1. The van der Waals surface area contributed by atoms with Crippen LogP contribution in [-0.4, -0.2) is 31.1 Å². The van der Waals surface area contributed by atoms with Gasteiger partial charge in [-0.1, -0.05) is 0 Å². The molecule has 0 heterocycles. The molecule has 0 aliphatic heterocycles. The van der Waals surface area contributed by atoms with Gasteiger partial charge in [-0.3, -0.25) is 9.59 Å². The van der Waals surface area contributed by atoms with E-state index in [1.807, 2.05) is 0 Å². The topological polar surface area (TPSA) is 72.8 Å². The van der Waals surface area contributed by atoms with Crippen LogP contribution in [0.15, 0.2) is 18.2 Å². The first-order valence-corrected chi connectivity index (χ1v) is 5.80. The standard InChI is InChI=1S/C14H18O5/c1-14(2,13(16)17)8-12(15)9-5-10(18-3)7-11(6-9)19-4/h5-7H,8H2,1-4H3,(H,16,17). The number of rotatable bonds is 6. The zero-order valence-corrected chi connectivity index (χ0v) is 11.5. The third kappa shape index (κ3) is 3.71. The number of carboxylic acid groups (broad SMARTS) is 1. The molecule has 19 heavy (non-hydrogen) atoms. The smallest absolute Gasteiger partial charge is 0.309 e. The summed E-state index contributed by atoms with van der Waals surface area (Å²) in [6.07, 6.45) is -0.0847. The lowest BCUT2D eigenvalue weighted by atomic mass is 9.85. The Kier molecular flexibility index (Phi) is 4.53. The van der Waals surface area contributed by atoms with Crippen molar-refractivity contribution in [3.63, 3.8) is 0 Å². The van der Waals surface area contributed by atoms with E-state index in [0.29, 0.717) is 17.1 Å². The molecule has 1 N–H and O–H groups in total. The molecule has 104 valence electrons. The van der Waals surface area contributed by atoms with Gasteiger partial charge in [0.2, 0.25) is 0 Å². The number of hydrogen-bond acceptors (Lipinski definition) is 4. The van der Waals surface area contributed by atoms with Crippen LogP contribution in [0.1, 0.15) is 30.6 Å². The first-order chi connectivity index (χ1) is 8.80. The summed E-state index contributed by atoms with van der Waals surface area (Å²) >= 11 is 0. The van der Waals surface area contributed by atoms with Crippen molar-refractivity contribution in [3.8, 4) is 11.5 Å². The lowest BCUT2D eigenvalue weighted by Gasteiger charge is -2.18. The lowest BCUT2D eigenvalue weighted by Crippen LogP contribution is -2.27. The highest BCUT2D eigenvalue weighted by atomic mass is 16.5. The average Bonchev–Trinajstić information content (AvgIpc) is 2.37. The van der Waals surface area contributed by atoms with Crippen LogP contribution in [0.2, 0.25) is 0 Å². The number of benzene rings is 1. The van der Waals surface area contributed by atoms with Crippen LogP contribution in [0.5, 0.6) is 11.5 Å².